The zero-order chi connectivity index (χ0) is 13.6. The van der Waals surface area contributed by atoms with Crippen LogP contribution in [0.3, 0.4) is 0 Å². The minimum absolute atomic E-state index is 0.145. The van der Waals surface area contributed by atoms with E-state index < -0.39 is 0 Å². The minimum Gasteiger partial charge on any atom is -0.329 e. The Balaban J connectivity index is 3.58. The van der Waals surface area contributed by atoms with Crippen molar-refractivity contribution < 1.29 is 4.79 Å². The van der Waals surface area contributed by atoms with Gasteiger partial charge in [-0.25, -0.2) is 0 Å². The van der Waals surface area contributed by atoms with Crippen molar-refractivity contribution in [2.75, 3.05) is 13.1 Å². The Bertz CT molecular complexity index is 245. The highest BCUT2D eigenvalue weighted by Crippen LogP contribution is 2.09. The highest BCUT2D eigenvalue weighted by molar-refractivity contribution is 5.76. The number of hydrogen-bond donors (Lipinski definition) is 0. The van der Waals surface area contributed by atoms with Crippen LogP contribution in [0.1, 0.15) is 71.6 Å². The molecule has 0 bridgehead atoms. The van der Waals surface area contributed by atoms with Crippen LogP contribution in [0, 0.1) is 11.3 Å². The maximum absolute atomic E-state index is 11.8. The van der Waals surface area contributed by atoms with Crippen molar-refractivity contribution in [3.8, 4) is 6.07 Å². The largest absolute Gasteiger partial charge is 0.329 e. The van der Waals surface area contributed by atoms with E-state index >= 15 is 0 Å². The molecule has 0 spiro atoms. The number of rotatable bonds is 11. The van der Waals surface area contributed by atoms with Crippen LogP contribution in [0.4, 0.5) is 0 Å². The van der Waals surface area contributed by atoms with Crippen molar-refractivity contribution in [1.82, 2.24) is 4.90 Å². The summed E-state index contributed by atoms with van der Waals surface area (Å²) in [6.07, 6.45) is 10.1. The maximum Gasteiger partial charge on any atom is 0.223 e. The molecule has 0 aromatic heterocycles. The third-order valence-electron chi connectivity index (χ3n) is 3.10. The highest BCUT2D eigenvalue weighted by Gasteiger charge is 2.10. The molecule has 18 heavy (non-hydrogen) atoms. The Morgan fingerprint density at radius 1 is 1.00 bits per heavy atom. The quantitative estimate of drug-likeness (QED) is 0.413. The Morgan fingerprint density at radius 2 is 1.61 bits per heavy atom. The molecule has 0 unspecified atom stereocenters. The van der Waals surface area contributed by atoms with E-state index in [0.29, 0.717) is 13.0 Å². The van der Waals surface area contributed by atoms with Crippen molar-refractivity contribution in [3.05, 3.63) is 0 Å². The van der Waals surface area contributed by atoms with E-state index in [1.807, 2.05) is 6.92 Å². The lowest BCUT2D eigenvalue weighted by atomic mass is 10.1. The first-order valence-electron chi connectivity index (χ1n) is 7.41. The molecule has 104 valence electrons. The molecule has 3 heteroatoms. The second-order valence-corrected chi connectivity index (χ2v) is 4.84. The van der Waals surface area contributed by atoms with Crippen molar-refractivity contribution >= 4 is 5.91 Å². The monoisotopic (exact) mass is 252 g/mol. The molecular weight excluding hydrogens is 224 g/mol. The summed E-state index contributed by atoms with van der Waals surface area (Å²) in [7, 11) is 0. The van der Waals surface area contributed by atoms with Gasteiger partial charge in [0.25, 0.3) is 0 Å². The molecule has 0 aliphatic heterocycles. The Morgan fingerprint density at radius 3 is 2.17 bits per heavy atom. The first-order chi connectivity index (χ1) is 8.76. The molecule has 0 heterocycles. The van der Waals surface area contributed by atoms with Crippen LogP contribution >= 0.6 is 0 Å². The Hall–Kier alpha value is -1.04. The van der Waals surface area contributed by atoms with Gasteiger partial charge >= 0.3 is 0 Å². The summed E-state index contributed by atoms with van der Waals surface area (Å²) in [5.74, 6) is 0.145. The van der Waals surface area contributed by atoms with E-state index in [0.717, 1.165) is 19.3 Å². The SMILES string of the molecule is CCCCCCCCCC(=O)N(CC#N)CCC. The number of hydrogen-bond acceptors (Lipinski definition) is 2. The van der Waals surface area contributed by atoms with Crippen molar-refractivity contribution in [1.29, 1.82) is 5.26 Å². The minimum atomic E-state index is 0.145. The average Bonchev–Trinajstić information content (AvgIpc) is 2.37. The lowest BCUT2D eigenvalue weighted by molar-refractivity contribution is -0.130. The maximum atomic E-state index is 11.8. The predicted molar refractivity (Wildman–Crippen MR) is 75.1 cm³/mol. The molecule has 3 nitrogen and oxygen atoms in total. The molecule has 1 amide bonds. The number of carbonyl (C=O) groups is 1. The molecule has 0 atom stereocenters. The van der Waals surface area contributed by atoms with E-state index in [-0.39, 0.29) is 12.5 Å². The van der Waals surface area contributed by atoms with Gasteiger partial charge in [0.15, 0.2) is 0 Å². The lowest BCUT2D eigenvalue weighted by Crippen LogP contribution is -2.31. The zero-order valence-electron chi connectivity index (χ0n) is 12.1. The molecule has 0 aromatic carbocycles. The molecule has 0 radical (unpaired) electrons. The first-order valence-corrected chi connectivity index (χ1v) is 7.41. The van der Waals surface area contributed by atoms with Gasteiger partial charge in [0.1, 0.15) is 6.54 Å². The van der Waals surface area contributed by atoms with Gasteiger partial charge < -0.3 is 4.90 Å². The van der Waals surface area contributed by atoms with Gasteiger partial charge in [0.2, 0.25) is 5.91 Å². The molecule has 0 saturated carbocycles. The number of carbonyl (C=O) groups excluding carboxylic acids is 1. The molecule has 0 aromatic rings. The van der Waals surface area contributed by atoms with Gasteiger partial charge in [-0.3, -0.25) is 4.79 Å². The number of amides is 1. The van der Waals surface area contributed by atoms with Crippen LogP contribution in [0.2, 0.25) is 0 Å². The topological polar surface area (TPSA) is 44.1 Å². The molecule has 0 rings (SSSR count). The van der Waals surface area contributed by atoms with Crippen LogP contribution in [-0.4, -0.2) is 23.9 Å². The molecule has 0 saturated heterocycles. The van der Waals surface area contributed by atoms with Crippen LogP contribution in [0.5, 0.6) is 0 Å². The molecule has 0 fully saturated rings. The Labute approximate surface area is 112 Å². The van der Waals surface area contributed by atoms with Crippen molar-refractivity contribution in [3.63, 3.8) is 0 Å². The first kappa shape index (κ1) is 17.0. The fraction of sp³-hybridized carbons (Fsp3) is 0.867. The lowest BCUT2D eigenvalue weighted by Gasteiger charge is -2.18. The summed E-state index contributed by atoms with van der Waals surface area (Å²) in [5.41, 5.74) is 0. The Kier molecular flexibility index (Phi) is 11.7. The predicted octanol–water partition coefficient (Wildman–Crippen LogP) is 3.89. The fourth-order valence-electron chi connectivity index (χ4n) is 2.04. The molecular formula is C15H28N2O. The molecule has 0 N–H and O–H groups in total. The third kappa shape index (κ3) is 9.04. The molecule has 0 aliphatic rings. The van der Waals surface area contributed by atoms with Crippen molar-refractivity contribution in [2.45, 2.75) is 71.6 Å². The second-order valence-electron chi connectivity index (χ2n) is 4.84. The van der Waals surface area contributed by atoms with E-state index in [4.69, 9.17) is 5.26 Å². The van der Waals surface area contributed by atoms with Crippen LogP contribution in [0.25, 0.3) is 0 Å². The van der Waals surface area contributed by atoms with Crippen LogP contribution in [0.15, 0.2) is 0 Å². The molecule has 0 aliphatic carbocycles. The summed E-state index contributed by atoms with van der Waals surface area (Å²) < 4.78 is 0. The van der Waals surface area contributed by atoms with Crippen LogP contribution < -0.4 is 0 Å². The van der Waals surface area contributed by atoms with E-state index in [1.54, 1.807) is 4.90 Å². The summed E-state index contributed by atoms with van der Waals surface area (Å²) in [4.78, 5) is 13.5. The summed E-state index contributed by atoms with van der Waals surface area (Å²) in [6, 6.07) is 2.06. The van der Waals surface area contributed by atoms with Crippen LogP contribution in [-0.2, 0) is 4.79 Å². The smallest absolute Gasteiger partial charge is 0.223 e. The number of nitriles is 1. The highest BCUT2D eigenvalue weighted by atomic mass is 16.2. The number of nitrogens with zero attached hydrogens (tertiary/aromatic N) is 2. The zero-order valence-corrected chi connectivity index (χ0v) is 12.1. The van der Waals surface area contributed by atoms with Gasteiger partial charge in [0.05, 0.1) is 6.07 Å². The van der Waals surface area contributed by atoms with Gasteiger partial charge in [-0.15, -0.1) is 0 Å². The summed E-state index contributed by atoms with van der Waals surface area (Å²) in [6.45, 7) is 5.20. The van der Waals surface area contributed by atoms with E-state index in [2.05, 4.69) is 13.0 Å². The van der Waals surface area contributed by atoms with E-state index in [1.165, 1.54) is 32.1 Å². The summed E-state index contributed by atoms with van der Waals surface area (Å²) in [5, 5.41) is 8.66. The van der Waals surface area contributed by atoms with Gasteiger partial charge in [-0.2, -0.15) is 5.26 Å². The normalized spacial score (nSPS) is 10.1. The third-order valence-corrected chi connectivity index (χ3v) is 3.10. The fourth-order valence-corrected chi connectivity index (χ4v) is 2.04. The van der Waals surface area contributed by atoms with Gasteiger partial charge in [0, 0.05) is 13.0 Å². The standard InChI is InChI=1S/C15H28N2O/c1-3-5-6-7-8-9-10-11-15(18)17(13-4-2)14-12-16/h3-11,13-14H2,1-2H3. The second kappa shape index (κ2) is 12.4. The average molecular weight is 252 g/mol. The number of unbranched alkanes of at least 4 members (excludes halogenated alkanes) is 6. The summed E-state index contributed by atoms with van der Waals surface area (Å²) >= 11 is 0. The van der Waals surface area contributed by atoms with Gasteiger partial charge in [-0.05, 0) is 12.8 Å². The van der Waals surface area contributed by atoms with Crippen molar-refractivity contribution in [2.24, 2.45) is 0 Å². The van der Waals surface area contributed by atoms with E-state index in [9.17, 15) is 4.79 Å². The van der Waals surface area contributed by atoms with Gasteiger partial charge in [-0.1, -0.05) is 52.4 Å².